The lowest BCUT2D eigenvalue weighted by Gasteiger charge is -2.24. The highest BCUT2D eigenvalue weighted by Crippen LogP contribution is 2.21. The summed E-state index contributed by atoms with van der Waals surface area (Å²) in [5.41, 5.74) is 1.15. The molecule has 2 heterocycles. The fourth-order valence-corrected chi connectivity index (χ4v) is 3.34. The van der Waals surface area contributed by atoms with Crippen LogP contribution in [-0.4, -0.2) is 42.6 Å². The Bertz CT molecular complexity index is 503. The number of hydrogen-bond donors (Lipinski definition) is 1. The molecule has 0 aliphatic carbocycles. The van der Waals surface area contributed by atoms with Crippen LogP contribution in [0.2, 0.25) is 0 Å². The van der Waals surface area contributed by atoms with Gasteiger partial charge in [0.2, 0.25) is 0 Å². The first-order valence-electron chi connectivity index (χ1n) is 8.00. The molecule has 4 heteroatoms. The number of carbonyl (C=O) groups excluding carboxylic acids is 1. The number of rotatable bonds is 4. The molecule has 0 aromatic heterocycles. The molecule has 0 saturated carbocycles. The Labute approximate surface area is 126 Å². The van der Waals surface area contributed by atoms with Crippen molar-refractivity contribution in [3.8, 4) is 5.75 Å². The van der Waals surface area contributed by atoms with Gasteiger partial charge in [0.15, 0.2) is 6.61 Å². The van der Waals surface area contributed by atoms with E-state index in [-0.39, 0.29) is 12.5 Å². The topological polar surface area (TPSA) is 41.6 Å². The van der Waals surface area contributed by atoms with Crippen LogP contribution in [0.1, 0.15) is 31.7 Å². The van der Waals surface area contributed by atoms with Gasteiger partial charge in [-0.25, -0.2) is 0 Å². The predicted octanol–water partition coefficient (Wildman–Crippen LogP) is 1.98. The third-order valence-corrected chi connectivity index (χ3v) is 4.58. The molecular formula is C17H24N2O2. The summed E-state index contributed by atoms with van der Waals surface area (Å²) in [5, 5.41) is 3.59. The van der Waals surface area contributed by atoms with Gasteiger partial charge in [0.25, 0.3) is 5.91 Å². The van der Waals surface area contributed by atoms with Gasteiger partial charge >= 0.3 is 0 Å². The number of fused-ring (bicyclic) bond motifs is 2. The van der Waals surface area contributed by atoms with Crippen molar-refractivity contribution in [1.82, 2.24) is 10.2 Å². The Morgan fingerprint density at radius 3 is 2.95 bits per heavy atom. The van der Waals surface area contributed by atoms with E-state index < -0.39 is 0 Å². The van der Waals surface area contributed by atoms with Crippen LogP contribution in [0, 0.1) is 0 Å². The lowest BCUT2D eigenvalue weighted by Crippen LogP contribution is -2.41. The van der Waals surface area contributed by atoms with Crippen LogP contribution in [0.4, 0.5) is 0 Å². The fraction of sp³-hybridized carbons (Fsp3) is 0.588. The summed E-state index contributed by atoms with van der Waals surface area (Å²) in [6, 6.07) is 9.03. The molecule has 2 unspecified atom stereocenters. The Kier molecular flexibility index (Phi) is 4.44. The van der Waals surface area contributed by atoms with E-state index >= 15 is 0 Å². The third kappa shape index (κ3) is 3.38. The summed E-state index contributed by atoms with van der Waals surface area (Å²) < 4.78 is 5.75. The van der Waals surface area contributed by atoms with Crippen LogP contribution in [0.15, 0.2) is 24.3 Å². The molecule has 2 aliphatic rings. The highest BCUT2D eigenvalue weighted by molar-refractivity contribution is 5.78. The number of para-hydroxylation sites is 1. The lowest BCUT2D eigenvalue weighted by atomic mass is 10.1. The van der Waals surface area contributed by atoms with Crippen LogP contribution >= 0.6 is 0 Å². The van der Waals surface area contributed by atoms with Crippen molar-refractivity contribution in [3.05, 3.63) is 29.8 Å². The Balaban J connectivity index is 1.56. The van der Waals surface area contributed by atoms with Crippen molar-refractivity contribution in [2.45, 2.75) is 44.7 Å². The molecule has 1 N–H and O–H groups in total. The Hall–Kier alpha value is -1.55. The maximum absolute atomic E-state index is 12.4. The number of ether oxygens (including phenoxy) is 1. The SMILES string of the molecule is CCc1ccccc1OCC(=O)N1CCC2CCC(C1)N2. The van der Waals surface area contributed by atoms with Crippen molar-refractivity contribution in [2.75, 3.05) is 19.7 Å². The van der Waals surface area contributed by atoms with Gasteiger partial charge in [-0.05, 0) is 37.3 Å². The average Bonchev–Trinajstić information content (AvgIpc) is 2.84. The summed E-state index contributed by atoms with van der Waals surface area (Å²) in [6.45, 7) is 3.93. The number of amides is 1. The van der Waals surface area contributed by atoms with Gasteiger partial charge in [-0.15, -0.1) is 0 Å². The van der Waals surface area contributed by atoms with Gasteiger partial charge in [0.05, 0.1) is 0 Å². The average molecular weight is 288 g/mol. The largest absolute Gasteiger partial charge is 0.483 e. The van der Waals surface area contributed by atoms with Crippen molar-refractivity contribution >= 4 is 5.91 Å². The molecule has 2 atom stereocenters. The number of nitrogens with one attached hydrogen (secondary N) is 1. The molecule has 114 valence electrons. The van der Waals surface area contributed by atoms with E-state index in [4.69, 9.17) is 4.74 Å². The summed E-state index contributed by atoms with van der Waals surface area (Å²) in [5.74, 6) is 0.943. The Morgan fingerprint density at radius 1 is 1.29 bits per heavy atom. The summed E-state index contributed by atoms with van der Waals surface area (Å²) in [6.07, 6.45) is 4.43. The standard InChI is InChI=1S/C17H24N2O2/c1-2-13-5-3-4-6-16(13)21-12-17(20)19-10-9-14-7-8-15(11-19)18-14/h3-6,14-15,18H,2,7-12H2,1H3. The summed E-state index contributed by atoms with van der Waals surface area (Å²) >= 11 is 0. The number of carbonyl (C=O) groups is 1. The predicted molar refractivity (Wildman–Crippen MR) is 82.5 cm³/mol. The van der Waals surface area contributed by atoms with Crippen molar-refractivity contribution in [1.29, 1.82) is 0 Å². The quantitative estimate of drug-likeness (QED) is 0.921. The maximum Gasteiger partial charge on any atom is 0.260 e. The van der Waals surface area contributed by atoms with Crippen LogP contribution in [0.3, 0.4) is 0 Å². The second kappa shape index (κ2) is 6.48. The smallest absolute Gasteiger partial charge is 0.260 e. The number of benzene rings is 1. The molecule has 1 aromatic rings. The maximum atomic E-state index is 12.4. The molecule has 2 saturated heterocycles. The monoisotopic (exact) mass is 288 g/mol. The zero-order chi connectivity index (χ0) is 14.7. The molecule has 2 bridgehead atoms. The molecule has 1 aromatic carbocycles. The summed E-state index contributed by atoms with van der Waals surface area (Å²) in [7, 11) is 0. The first-order chi connectivity index (χ1) is 10.3. The highest BCUT2D eigenvalue weighted by Gasteiger charge is 2.31. The number of likely N-dealkylation sites (tertiary alicyclic amines) is 1. The van der Waals surface area contributed by atoms with Crippen LogP contribution in [-0.2, 0) is 11.2 Å². The van der Waals surface area contributed by atoms with Crippen molar-refractivity contribution in [3.63, 3.8) is 0 Å². The van der Waals surface area contributed by atoms with Gasteiger partial charge < -0.3 is 15.0 Å². The molecule has 0 spiro atoms. The molecule has 2 aliphatic heterocycles. The fourth-order valence-electron chi connectivity index (χ4n) is 3.34. The number of nitrogens with zero attached hydrogens (tertiary/aromatic N) is 1. The van der Waals surface area contributed by atoms with Crippen LogP contribution in [0.5, 0.6) is 5.75 Å². The highest BCUT2D eigenvalue weighted by atomic mass is 16.5. The molecule has 21 heavy (non-hydrogen) atoms. The second-order valence-electron chi connectivity index (χ2n) is 6.02. The van der Waals surface area contributed by atoms with Crippen LogP contribution in [0.25, 0.3) is 0 Å². The minimum absolute atomic E-state index is 0.107. The number of hydrogen-bond acceptors (Lipinski definition) is 3. The van der Waals surface area contributed by atoms with E-state index in [2.05, 4.69) is 18.3 Å². The number of aryl methyl sites for hydroxylation is 1. The molecular weight excluding hydrogens is 264 g/mol. The van der Waals surface area contributed by atoms with Gasteiger partial charge in [0, 0.05) is 25.2 Å². The molecule has 0 radical (unpaired) electrons. The Morgan fingerprint density at radius 2 is 2.10 bits per heavy atom. The van der Waals surface area contributed by atoms with Gasteiger partial charge in [0.1, 0.15) is 5.75 Å². The molecule has 4 nitrogen and oxygen atoms in total. The van der Waals surface area contributed by atoms with E-state index in [1.807, 2.05) is 23.1 Å². The first-order valence-corrected chi connectivity index (χ1v) is 8.00. The zero-order valence-corrected chi connectivity index (χ0v) is 12.7. The van der Waals surface area contributed by atoms with Crippen molar-refractivity contribution in [2.24, 2.45) is 0 Å². The molecule has 1 amide bonds. The zero-order valence-electron chi connectivity index (χ0n) is 12.7. The van der Waals surface area contributed by atoms with E-state index in [1.54, 1.807) is 0 Å². The normalized spacial score (nSPS) is 24.7. The van der Waals surface area contributed by atoms with E-state index in [0.717, 1.165) is 37.2 Å². The molecule has 2 fully saturated rings. The van der Waals surface area contributed by atoms with E-state index in [0.29, 0.717) is 12.1 Å². The van der Waals surface area contributed by atoms with Gasteiger partial charge in [-0.3, -0.25) is 4.79 Å². The van der Waals surface area contributed by atoms with E-state index in [1.165, 1.54) is 12.8 Å². The lowest BCUT2D eigenvalue weighted by molar-refractivity contribution is -0.133. The van der Waals surface area contributed by atoms with Crippen LogP contribution < -0.4 is 10.1 Å². The van der Waals surface area contributed by atoms with Gasteiger partial charge in [-0.1, -0.05) is 25.1 Å². The minimum atomic E-state index is 0.107. The second-order valence-corrected chi connectivity index (χ2v) is 6.02. The summed E-state index contributed by atoms with van der Waals surface area (Å²) in [4.78, 5) is 14.3. The van der Waals surface area contributed by atoms with E-state index in [9.17, 15) is 4.79 Å². The first kappa shape index (κ1) is 14.4. The molecule has 3 rings (SSSR count). The minimum Gasteiger partial charge on any atom is -0.483 e. The van der Waals surface area contributed by atoms with Gasteiger partial charge in [-0.2, -0.15) is 0 Å². The van der Waals surface area contributed by atoms with Crippen molar-refractivity contribution < 1.29 is 9.53 Å². The third-order valence-electron chi connectivity index (χ3n) is 4.58.